The van der Waals surface area contributed by atoms with E-state index >= 15 is 0 Å². The van der Waals surface area contributed by atoms with Crippen LogP contribution in [0.15, 0.2) is 41.5 Å². The number of benzene rings is 1. The molecule has 0 aliphatic heterocycles. The van der Waals surface area contributed by atoms with E-state index in [1.807, 2.05) is 0 Å². The van der Waals surface area contributed by atoms with Gasteiger partial charge in [-0.05, 0) is 23.8 Å². The van der Waals surface area contributed by atoms with Crippen molar-refractivity contribution in [3.63, 3.8) is 0 Å². The van der Waals surface area contributed by atoms with Gasteiger partial charge in [-0.3, -0.25) is 9.78 Å². The second-order valence-corrected chi connectivity index (χ2v) is 4.92. The number of fused-ring (bicyclic) bond motifs is 1. The molecule has 0 radical (unpaired) electrons. The Labute approximate surface area is 133 Å². The van der Waals surface area contributed by atoms with Gasteiger partial charge in [-0.1, -0.05) is 6.07 Å². The van der Waals surface area contributed by atoms with Crippen LogP contribution in [0.4, 0.5) is 13.2 Å². The fourth-order valence-corrected chi connectivity index (χ4v) is 2.32. The molecule has 0 fully saturated rings. The molecule has 1 aromatic carbocycles. The molecular weight excluding hydrogens is 325 g/mol. The van der Waals surface area contributed by atoms with Gasteiger partial charge in [0.1, 0.15) is 5.75 Å². The van der Waals surface area contributed by atoms with Gasteiger partial charge in [0.25, 0.3) is 5.56 Å². The van der Waals surface area contributed by atoms with E-state index in [-0.39, 0.29) is 12.1 Å². The number of nitrogens with two attached hydrogens (primary N) is 1. The maximum Gasteiger partial charge on any atom is 0.573 e. The van der Waals surface area contributed by atoms with Crippen molar-refractivity contribution in [1.82, 2.24) is 15.2 Å². The van der Waals surface area contributed by atoms with Crippen molar-refractivity contribution in [1.29, 1.82) is 0 Å². The SMILES string of the molecule is NCc1n[nH]c(=O)c2ccc(-c3cncc(OC(F)(F)F)c3)cc12. The van der Waals surface area contributed by atoms with Gasteiger partial charge in [-0.25, -0.2) is 5.10 Å². The number of nitrogens with one attached hydrogen (secondary N) is 1. The van der Waals surface area contributed by atoms with Crippen LogP contribution in [-0.4, -0.2) is 21.5 Å². The summed E-state index contributed by atoms with van der Waals surface area (Å²) >= 11 is 0. The second kappa shape index (κ2) is 5.93. The molecule has 0 saturated carbocycles. The highest BCUT2D eigenvalue weighted by molar-refractivity contribution is 5.88. The van der Waals surface area contributed by atoms with Crippen LogP contribution in [0.1, 0.15) is 5.69 Å². The molecule has 3 rings (SSSR count). The van der Waals surface area contributed by atoms with Crippen LogP contribution in [-0.2, 0) is 6.54 Å². The molecule has 9 heteroatoms. The minimum atomic E-state index is -4.80. The standard InChI is InChI=1S/C15H11F3N4O2/c16-15(17,18)24-10-3-9(6-20-7-10)8-1-2-11-12(4-8)13(5-19)21-22-14(11)23/h1-4,6-7H,5,19H2,(H,22,23). The number of nitrogens with zero attached hydrogens (tertiary/aromatic N) is 2. The molecule has 0 aliphatic carbocycles. The molecule has 0 saturated heterocycles. The van der Waals surface area contributed by atoms with E-state index in [1.54, 1.807) is 18.2 Å². The van der Waals surface area contributed by atoms with Crippen LogP contribution in [0.2, 0.25) is 0 Å². The fourth-order valence-electron chi connectivity index (χ4n) is 2.32. The first-order valence-electron chi connectivity index (χ1n) is 6.80. The molecule has 0 spiro atoms. The molecule has 0 bridgehead atoms. The summed E-state index contributed by atoms with van der Waals surface area (Å²) in [5, 5.41) is 7.14. The molecule has 6 nitrogen and oxygen atoms in total. The molecule has 0 atom stereocenters. The van der Waals surface area contributed by atoms with Crippen molar-refractivity contribution >= 4 is 10.8 Å². The molecule has 2 aromatic heterocycles. The summed E-state index contributed by atoms with van der Waals surface area (Å²) in [6, 6.07) is 6.01. The minimum Gasteiger partial charge on any atom is -0.404 e. The van der Waals surface area contributed by atoms with Gasteiger partial charge in [0.2, 0.25) is 0 Å². The summed E-state index contributed by atoms with van der Waals surface area (Å²) in [5.41, 5.74) is 6.67. The maximum atomic E-state index is 12.3. The number of rotatable bonds is 3. The highest BCUT2D eigenvalue weighted by Crippen LogP contribution is 2.28. The third kappa shape index (κ3) is 3.20. The Bertz CT molecular complexity index is 953. The Hall–Kier alpha value is -2.94. The van der Waals surface area contributed by atoms with Crippen molar-refractivity contribution in [2.75, 3.05) is 0 Å². The smallest absolute Gasteiger partial charge is 0.404 e. The first kappa shape index (κ1) is 15.9. The predicted octanol–water partition coefficient (Wildman–Crippen LogP) is 2.34. The monoisotopic (exact) mass is 336 g/mol. The zero-order chi connectivity index (χ0) is 17.3. The number of ether oxygens (including phenoxy) is 1. The zero-order valence-electron chi connectivity index (χ0n) is 12.1. The van der Waals surface area contributed by atoms with Gasteiger partial charge >= 0.3 is 6.36 Å². The summed E-state index contributed by atoms with van der Waals surface area (Å²) < 4.78 is 40.8. The summed E-state index contributed by atoms with van der Waals surface area (Å²) in [6.45, 7) is 0.103. The predicted molar refractivity (Wildman–Crippen MR) is 80.2 cm³/mol. The summed E-state index contributed by atoms with van der Waals surface area (Å²) in [6.07, 6.45) is -2.43. The maximum absolute atomic E-state index is 12.3. The van der Waals surface area contributed by atoms with E-state index in [0.717, 1.165) is 6.20 Å². The molecule has 0 aliphatic rings. The van der Waals surface area contributed by atoms with Crippen molar-refractivity contribution in [3.8, 4) is 16.9 Å². The highest BCUT2D eigenvalue weighted by Gasteiger charge is 2.31. The van der Waals surface area contributed by atoms with Gasteiger partial charge in [-0.15, -0.1) is 13.2 Å². The number of hydrogen-bond donors (Lipinski definition) is 2. The summed E-state index contributed by atoms with van der Waals surface area (Å²) in [7, 11) is 0. The van der Waals surface area contributed by atoms with E-state index in [0.29, 0.717) is 27.6 Å². The van der Waals surface area contributed by atoms with Crippen LogP contribution in [0.5, 0.6) is 5.75 Å². The molecule has 124 valence electrons. The number of H-pyrrole nitrogens is 1. The Kier molecular flexibility index (Phi) is 3.94. The molecular formula is C15H11F3N4O2. The quantitative estimate of drug-likeness (QED) is 0.766. The molecule has 3 N–H and O–H groups in total. The number of aromatic nitrogens is 3. The second-order valence-electron chi connectivity index (χ2n) is 4.92. The Morgan fingerprint density at radius 3 is 2.62 bits per heavy atom. The van der Waals surface area contributed by atoms with Crippen molar-refractivity contribution in [3.05, 3.63) is 52.7 Å². The Morgan fingerprint density at radius 2 is 1.92 bits per heavy atom. The molecule has 3 aromatic rings. The van der Waals surface area contributed by atoms with E-state index in [9.17, 15) is 18.0 Å². The van der Waals surface area contributed by atoms with E-state index < -0.39 is 12.1 Å². The molecule has 24 heavy (non-hydrogen) atoms. The highest BCUT2D eigenvalue weighted by atomic mass is 19.4. The Balaban J connectivity index is 2.10. The van der Waals surface area contributed by atoms with Gasteiger partial charge in [0.15, 0.2) is 0 Å². The normalized spacial score (nSPS) is 11.7. The van der Waals surface area contributed by atoms with E-state index in [1.165, 1.54) is 12.3 Å². The zero-order valence-corrected chi connectivity index (χ0v) is 12.1. The van der Waals surface area contributed by atoms with Gasteiger partial charge in [-0.2, -0.15) is 5.10 Å². The van der Waals surface area contributed by atoms with Gasteiger partial charge < -0.3 is 10.5 Å². The van der Waals surface area contributed by atoms with Crippen molar-refractivity contribution in [2.45, 2.75) is 12.9 Å². The fraction of sp³-hybridized carbons (Fsp3) is 0.133. The van der Waals surface area contributed by atoms with Crippen LogP contribution in [0.3, 0.4) is 0 Å². The largest absolute Gasteiger partial charge is 0.573 e. The van der Waals surface area contributed by atoms with Gasteiger partial charge in [0, 0.05) is 23.7 Å². The number of hydrogen-bond acceptors (Lipinski definition) is 5. The summed E-state index contributed by atoms with van der Waals surface area (Å²) in [5.74, 6) is -0.428. The average Bonchev–Trinajstić information content (AvgIpc) is 2.53. The Morgan fingerprint density at radius 1 is 1.12 bits per heavy atom. The van der Waals surface area contributed by atoms with Crippen molar-refractivity contribution < 1.29 is 17.9 Å². The molecule has 2 heterocycles. The number of halogens is 3. The third-order valence-electron chi connectivity index (χ3n) is 3.34. The molecule has 0 unspecified atom stereocenters. The lowest BCUT2D eigenvalue weighted by Gasteiger charge is -2.10. The van der Waals surface area contributed by atoms with Crippen LogP contribution < -0.4 is 16.0 Å². The first-order valence-corrected chi connectivity index (χ1v) is 6.80. The van der Waals surface area contributed by atoms with E-state index in [4.69, 9.17) is 5.73 Å². The molecule has 0 amide bonds. The van der Waals surface area contributed by atoms with Crippen molar-refractivity contribution in [2.24, 2.45) is 5.73 Å². The van der Waals surface area contributed by atoms with Crippen LogP contribution in [0, 0.1) is 0 Å². The lowest BCUT2D eigenvalue weighted by Crippen LogP contribution is -2.17. The number of pyridine rings is 1. The number of aromatic amines is 1. The lowest BCUT2D eigenvalue weighted by molar-refractivity contribution is -0.274. The first-order chi connectivity index (χ1) is 11.4. The minimum absolute atomic E-state index is 0.103. The summed E-state index contributed by atoms with van der Waals surface area (Å²) in [4.78, 5) is 15.5. The van der Waals surface area contributed by atoms with Gasteiger partial charge in [0.05, 0.1) is 17.3 Å². The topological polar surface area (TPSA) is 93.9 Å². The lowest BCUT2D eigenvalue weighted by atomic mass is 10.0. The van der Waals surface area contributed by atoms with E-state index in [2.05, 4.69) is 19.9 Å². The van der Waals surface area contributed by atoms with Crippen LogP contribution in [0.25, 0.3) is 21.9 Å². The third-order valence-corrected chi connectivity index (χ3v) is 3.34. The number of alkyl halides is 3. The average molecular weight is 336 g/mol. The van der Waals surface area contributed by atoms with Crippen LogP contribution >= 0.6 is 0 Å².